The molecule has 1 aliphatic rings. The molecule has 1 N–H and O–H groups in total. The van der Waals surface area contributed by atoms with E-state index in [2.05, 4.69) is 5.32 Å². The van der Waals surface area contributed by atoms with Gasteiger partial charge in [-0.2, -0.15) is 0 Å². The van der Waals surface area contributed by atoms with Crippen molar-refractivity contribution >= 4 is 11.8 Å². The minimum Gasteiger partial charge on any atom is -0.497 e. The Labute approximate surface area is 171 Å². The number of amides is 2. The van der Waals surface area contributed by atoms with Gasteiger partial charge in [0.2, 0.25) is 5.91 Å². The van der Waals surface area contributed by atoms with Gasteiger partial charge < -0.3 is 19.7 Å². The molecule has 1 aliphatic heterocycles. The van der Waals surface area contributed by atoms with Gasteiger partial charge in [0.1, 0.15) is 11.5 Å². The summed E-state index contributed by atoms with van der Waals surface area (Å²) in [4.78, 5) is 27.7. The van der Waals surface area contributed by atoms with Gasteiger partial charge in [-0.05, 0) is 55.8 Å². The molecule has 1 fully saturated rings. The van der Waals surface area contributed by atoms with Gasteiger partial charge in [0.15, 0.2) is 0 Å². The molecule has 1 heterocycles. The van der Waals surface area contributed by atoms with E-state index in [1.165, 1.54) is 0 Å². The molecule has 154 valence electrons. The number of carbonyl (C=O) groups excluding carboxylic acids is 2. The van der Waals surface area contributed by atoms with E-state index in [1.54, 1.807) is 43.4 Å². The number of nitrogens with one attached hydrogen (secondary N) is 1. The maximum absolute atomic E-state index is 13.1. The van der Waals surface area contributed by atoms with Gasteiger partial charge >= 0.3 is 0 Å². The first-order valence-electron chi connectivity index (χ1n) is 9.80. The maximum Gasteiger partial charge on any atom is 0.253 e. The average Bonchev–Trinajstić information content (AvgIpc) is 3.18. The molecule has 0 bridgehead atoms. The lowest BCUT2D eigenvalue weighted by Gasteiger charge is -2.20. The number of hydrogen-bond donors (Lipinski definition) is 1. The Morgan fingerprint density at radius 2 is 1.69 bits per heavy atom. The van der Waals surface area contributed by atoms with Gasteiger partial charge in [-0.15, -0.1) is 0 Å². The van der Waals surface area contributed by atoms with Crippen LogP contribution in [0.1, 0.15) is 35.7 Å². The van der Waals surface area contributed by atoms with E-state index in [9.17, 15) is 9.59 Å². The van der Waals surface area contributed by atoms with Crippen molar-refractivity contribution < 1.29 is 19.1 Å². The van der Waals surface area contributed by atoms with Crippen LogP contribution in [-0.4, -0.2) is 50.1 Å². The van der Waals surface area contributed by atoms with Gasteiger partial charge in [-0.3, -0.25) is 9.59 Å². The molecular weight excluding hydrogens is 368 g/mol. The van der Waals surface area contributed by atoms with Crippen LogP contribution in [0.4, 0.5) is 0 Å². The minimum atomic E-state index is -0.313. The SMILES string of the molecule is COc1ccc(C(=O)N2CC(C(=O)NC(C)C)C(c3cccc(OC)c3)C2)cc1. The van der Waals surface area contributed by atoms with Crippen molar-refractivity contribution in [1.29, 1.82) is 0 Å². The molecule has 2 aromatic rings. The van der Waals surface area contributed by atoms with Crippen molar-refractivity contribution in [3.63, 3.8) is 0 Å². The van der Waals surface area contributed by atoms with Crippen LogP contribution in [0.25, 0.3) is 0 Å². The van der Waals surface area contributed by atoms with Crippen LogP contribution in [0.5, 0.6) is 11.5 Å². The molecule has 2 unspecified atom stereocenters. The summed E-state index contributed by atoms with van der Waals surface area (Å²) in [5.41, 5.74) is 1.58. The zero-order valence-corrected chi connectivity index (χ0v) is 17.3. The Morgan fingerprint density at radius 1 is 1.00 bits per heavy atom. The molecule has 0 saturated carbocycles. The first-order chi connectivity index (χ1) is 13.9. The number of ether oxygens (including phenoxy) is 2. The van der Waals surface area contributed by atoms with Gasteiger partial charge in [0.05, 0.1) is 20.1 Å². The van der Waals surface area contributed by atoms with E-state index in [0.717, 1.165) is 11.3 Å². The first kappa shape index (κ1) is 20.7. The quantitative estimate of drug-likeness (QED) is 0.815. The van der Waals surface area contributed by atoms with Crippen molar-refractivity contribution in [2.24, 2.45) is 5.92 Å². The van der Waals surface area contributed by atoms with Gasteiger partial charge in [0.25, 0.3) is 5.91 Å². The van der Waals surface area contributed by atoms with Crippen molar-refractivity contribution in [3.05, 3.63) is 59.7 Å². The number of carbonyl (C=O) groups is 2. The molecule has 1 saturated heterocycles. The third-order valence-corrected chi connectivity index (χ3v) is 5.23. The fourth-order valence-corrected chi connectivity index (χ4v) is 3.75. The lowest BCUT2D eigenvalue weighted by molar-refractivity contribution is -0.125. The summed E-state index contributed by atoms with van der Waals surface area (Å²) in [6.45, 7) is 4.74. The molecule has 0 radical (unpaired) electrons. The van der Waals surface area contributed by atoms with E-state index < -0.39 is 0 Å². The smallest absolute Gasteiger partial charge is 0.253 e. The third kappa shape index (κ3) is 4.70. The Bertz CT molecular complexity index is 863. The Kier molecular flexibility index (Phi) is 6.42. The number of benzene rings is 2. The van der Waals surface area contributed by atoms with E-state index in [4.69, 9.17) is 9.47 Å². The Morgan fingerprint density at radius 3 is 2.31 bits per heavy atom. The molecule has 0 aliphatic carbocycles. The van der Waals surface area contributed by atoms with Crippen LogP contribution in [0.3, 0.4) is 0 Å². The summed E-state index contributed by atoms with van der Waals surface area (Å²) in [5.74, 6) is 0.924. The van der Waals surface area contributed by atoms with Crippen molar-refractivity contribution in [2.75, 3.05) is 27.3 Å². The van der Waals surface area contributed by atoms with Crippen LogP contribution in [0.15, 0.2) is 48.5 Å². The lowest BCUT2D eigenvalue weighted by atomic mass is 9.88. The number of rotatable bonds is 6. The van der Waals surface area contributed by atoms with Crippen molar-refractivity contribution in [2.45, 2.75) is 25.8 Å². The molecule has 3 rings (SSSR count). The Hall–Kier alpha value is -3.02. The van der Waals surface area contributed by atoms with Crippen LogP contribution >= 0.6 is 0 Å². The highest BCUT2D eigenvalue weighted by Crippen LogP contribution is 2.35. The van der Waals surface area contributed by atoms with E-state index in [1.807, 2.05) is 38.1 Å². The van der Waals surface area contributed by atoms with Crippen molar-refractivity contribution in [1.82, 2.24) is 10.2 Å². The maximum atomic E-state index is 13.1. The predicted molar refractivity (Wildman–Crippen MR) is 111 cm³/mol. The second-order valence-corrected chi connectivity index (χ2v) is 7.59. The minimum absolute atomic E-state index is 0.0298. The summed E-state index contributed by atoms with van der Waals surface area (Å²) in [7, 11) is 3.21. The van der Waals surface area contributed by atoms with Gasteiger partial charge in [-0.25, -0.2) is 0 Å². The first-order valence-corrected chi connectivity index (χ1v) is 9.80. The third-order valence-electron chi connectivity index (χ3n) is 5.23. The number of hydrogen-bond acceptors (Lipinski definition) is 4. The molecule has 6 nitrogen and oxygen atoms in total. The highest BCUT2D eigenvalue weighted by molar-refractivity contribution is 5.95. The zero-order valence-electron chi connectivity index (χ0n) is 17.3. The fourth-order valence-electron chi connectivity index (χ4n) is 3.75. The van der Waals surface area contributed by atoms with Crippen molar-refractivity contribution in [3.8, 4) is 11.5 Å². The molecule has 2 amide bonds. The molecular formula is C23H28N2O4. The summed E-state index contributed by atoms with van der Waals surface area (Å²) in [5, 5.41) is 3.00. The molecule has 2 aromatic carbocycles. The Balaban J connectivity index is 1.86. The second-order valence-electron chi connectivity index (χ2n) is 7.59. The monoisotopic (exact) mass is 396 g/mol. The molecule has 0 spiro atoms. The van der Waals surface area contributed by atoms with Crippen LogP contribution < -0.4 is 14.8 Å². The van der Waals surface area contributed by atoms with Crippen LogP contribution in [0, 0.1) is 5.92 Å². The number of methoxy groups -OCH3 is 2. The average molecular weight is 396 g/mol. The van der Waals surface area contributed by atoms with Crippen LogP contribution in [0.2, 0.25) is 0 Å². The second kappa shape index (κ2) is 8.99. The highest BCUT2D eigenvalue weighted by atomic mass is 16.5. The zero-order chi connectivity index (χ0) is 21.0. The predicted octanol–water partition coefficient (Wildman–Crippen LogP) is 3.08. The topological polar surface area (TPSA) is 67.9 Å². The van der Waals surface area contributed by atoms with Gasteiger partial charge in [0, 0.05) is 30.6 Å². The molecule has 6 heteroatoms. The van der Waals surface area contributed by atoms with E-state index in [0.29, 0.717) is 24.4 Å². The number of likely N-dealkylation sites (tertiary alicyclic amines) is 1. The van der Waals surface area contributed by atoms with E-state index in [-0.39, 0.29) is 29.7 Å². The highest BCUT2D eigenvalue weighted by Gasteiger charge is 2.40. The van der Waals surface area contributed by atoms with Crippen LogP contribution in [-0.2, 0) is 4.79 Å². The molecule has 0 aromatic heterocycles. The summed E-state index contributed by atoms with van der Waals surface area (Å²) < 4.78 is 10.5. The number of nitrogens with zero attached hydrogens (tertiary/aromatic N) is 1. The van der Waals surface area contributed by atoms with E-state index >= 15 is 0 Å². The molecule has 2 atom stereocenters. The summed E-state index contributed by atoms with van der Waals surface area (Å²) >= 11 is 0. The molecule has 29 heavy (non-hydrogen) atoms. The standard InChI is InChI=1S/C23H28N2O4/c1-15(2)24-22(26)21-14-25(23(27)16-8-10-18(28-3)11-9-16)13-20(21)17-6-5-7-19(12-17)29-4/h5-12,15,20-21H,13-14H2,1-4H3,(H,24,26). The fraction of sp³-hybridized carbons (Fsp3) is 0.391. The lowest BCUT2D eigenvalue weighted by Crippen LogP contribution is -2.39. The van der Waals surface area contributed by atoms with Gasteiger partial charge in [-0.1, -0.05) is 12.1 Å². The summed E-state index contributed by atoms with van der Waals surface area (Å²) in [6.07, 6.45) is 0. The summed E-state index contributed by atoms with van der Waals surface area (Å²) in [6, 6.07) is 14.8. The normalized spacial score (nSPS) is 18.6. The largest absolute Gasteiger partial charge is 0.497 e.